The number of nitrogens with one attached hydrogen (secondary N) is 1. The van der Waals surface area contributed by atoms with Crippen molar-refractivity contribution in [2.45, 2.75) is 77.4 Å². The number of aromatic nitrogens is 3. The fourth-order valence-electron chi connectivity index (χ4n) is 3.95. The molecule has 2 fully saturated rings. The molecule has 6 heteroatoms. The number of carbonyl (C=O) groups is 1. The van der Waals surface area contributed by atoms with Crippen molar-refractivity contribution in [1.82, 2.24) is 25.0 Å². The molecule has 0 bridgehead atoms. The van der Waals surface area contributed by atoms with E-state index in [1.54, 1.807) is 0 Å². The van der Waals surface area contributed by atoms with Crippen LogP contribution in [0.2, 0.25) is 0 Å². The Morgan fingerprint density at radius 1 is 1.22 bits per heavy atom. The molecule has 23 heavy (non-hydrogen) atoms. The van der Waals surface area contributed by atoms with Crippen LogP contribution in [-0.2, 0) is 11.3 Å². The zero-order valence-electron chi connectivity index (χ0n) is 14.4. The molecule has 128 valence electrons. The molecule has 0 radical (unpaired) electrons. The predicted molar refractivity (Wildman–Crippen MR) is 89.1 cm³/mol. The highest BCUT2D eigenvalue weighted by Gasteiger charge is 2.26. The van der Waals surface area contributed by atoms with Gasteiger partial charge in [-0.1, -0.05) is 12.8 Å². The molecule has 1 atom stereocenters. The third-order valence-electron chi connectivity index (χ3n) is 5.19. The Balaban J connectivity index is 1.46. The maximum Gasteiger partial charge on any atom is 0.221 e. The first-order valence-corrected chi connectivity index (χ1v) is 9.03. The van der Waals surface area contributed by atoms with Gasteiger partial charge in [-0.2, -0.15) is 5.10 Å². The molecule has 1 saturated carbocycles. The van der Waals surface area contributed by atoms with Crippen LogP contribution >= 0.6 is 0 Å². The van der Waals surface area contributed by atoms with E-state index in [4.69, 9.17) is 0 Å². The van der Waals surface area contributed by atoms with E-state index in [1.807, 2.05) is 18.5 Å². The number of rotatable bonds is 6. The van der Waals surface area contributed by atoms with Crippen LogP contribution < -0.4 is 5.32 Å². The third-order valence-corrected chi connectivity index (χ3v) is 5.19. The van der Waals surface area contributed by atoms with Gasteiger partial charge in [0.05, 0.1) is 6.54 Å². The fourth-order valence-corrected chi connectivity index (χ4v) is 3.95. The first kappa shape index (κ1) is 16.4. The van der Waals surface area contributed by atoms with E-state index in [2.05, 4.69) is 20.3 Å². The number of aryl methyl sites for hydroxylation is 2. The average molecular weight is 319 g/mol. The summed E-state index contributed by atoms with van der Waals surface area (Å²) in [6.07, 6.45) is 7.84. The minimum absolute atomic E-state index is 0.218. The largest absolute Gasteiger partial charge is 0.353 e. The maximum atomic E-state index is 12.1. The van der Waals surface area contributed by atoms with Gasteiger partial charge in [0.1, 0.15) is 11.6 Å². The minimum atomic E-state index is 0.218. The van der Waals surface area contributed by atoms with Crippen molar-refractivity contribution in [2.75, 3.05) is 13.1 Å². The lowest BCUT2D eigenvalue weighted by atomic mass is 10.2. The quantitative estimate of drug-likeness (QED) is 0.868. The summed E-state index contributed by atoms with van der Waals surface area (Å²) in [7, 11) is 0. The zero-order chi connectivity index (χ0) is 16.2. The van der Waals surface area contributed by atoms with Gasteiger partial charge in [-0.15, -0.1) is 0 Å². The molecule has 1 N–H and O–H groups in total. The molecule has 0 spiro atoms. The lowest BCUT2D eigenvalue weighted by molar-refractivity contribution is -0.122. The summed E-state index contributed by atoms with van der Waals surface area (Å²) in [5, 5.41) is 7.66. The van der Waals surface area contributed by atoms with Gasteiger partial charge < -0.3 is 5.32 Å². The summed E-state index contributed by atoms with van der Waals surface area (Å²) in [6.45, 7) is 6.78. The smallest absolute Gasteiger partial charge is 0.221 e. The molecule has 2 aliphatic rings. The highest BCUT2D eigenvalue weighted by molar-refractivity contribution is 5.76. The van der Waals surface area contributed by atoms with E-state index in [-0.39, 0.29) is 5.91 Å². The van der Waals surface area contributed by atoms with Gasteiger partial charge in [-0.25, -0.2) is 9.67 Å². The van der Waals surface area contributed by atoms with E-state index in [1.165, 1.54) is 25.7 Å². The van der Waals surface area contributed by atoms with Gasteiger partial charge in [0.2, 0.25) is 5.91 Å². The van der Waals surface area contributed by atoms with Crippen molar-refractivity contribution in [1.29, 1.82) is 0 Å². The molecule has 1 unspecified atom stereocenters. The van der Waals surface area contributed by atoms with Crippen molar-refractivity contribution in [3.05, 3.63) is 11.6 Å². The number of likely N-dealkylation sites (tertiary alicyclic amines) is 1. The van der Waals surface area contributed by atoms with Crippen LogP contribution in [-0.4, -0.2) is 50.7 Å². The van der Waals surface area contributed by atoms with Crippen molar-refractivity contribution < 1.29 is 4.79 Å². The Bertz CT molecular complexity index is 535. The molecule has 1 aliphatic heterocycles. The number of carbonyl (C=O) groups excluding carboxylic acids is 1. The molecule has 1 saturated heterocycles. The molecule has 6 nitrogen and oxygen atoms in total. The van der Waals surface area contributed by atoms with Crippen LogP contribution in [0, 0.1) is 13.8 Å². The summed E-state index contributed by atoms with van der Waals surface area (Å²) in [6, 6.07) is 0.909. The minimum Gasteiger partial charge on any atom is -0.353 e. The second-order valence-corrected chi connectivity index (χ2v) is 7.02. The molecular weight excluding hydrogens is 290 g/mol. The Morgan fingerprint density at radius 3 is 2.70 bits per heavy atom. The topological polar surface area (TPSA) is 63.1 Å². The molecule has 1 aromatic heterocycles. The van der Waals surface area contributed by atoms with Crippen molar-refractivity contribution in [2.24, 2.45) is 0 Å². The van der Waals surface area contributed by atoms with Crippen molar-refractivity contribution in [3.63, 3.8) is 0 Å². The summed E-state index contributed by atoms with van der Waals surface area (Å²) in [4.78, 5) is 18.9. The Kier molecular flexibility index (Phi) is 5.30. The van der Waals surface area contributed by atoms with E-state index in [0.29, 0.717) is 18.5 Å². The summed E-state index contributed by atoms with van der Waals surface area (Å²) >= 11 is 0. The maximum absolute atomic E-state index is 12.1. The fraction of sp³-hybridized carbons (Fsp3) is 0.824. The van der Waals surface area contributed by atoms with Crippen molar-refractivity contribution >= 4 is 5.91 Å². The number of nitrogens with zero attached hydrogens (tertiary/aromatic N) is 4. The molecule has 2 heterocycles. The first-order chi connectivity index (χ1) is 11.1. The SMILES string of the molecule is Cc1nc(C)n(CC2CCCN2CCC(=O)NC2CCCC2)n1. The number of hydrogen-bond donors (Lipinski definition) is 1. The second-order valence-electron chi connectivity index (χ2n) is 7.02. The van der Waals surface area contributed by atoms with Gasteiger partial charge in [-0.05, 0) is 46.1 Å². The van der Waals surface area contributed by atoms with Gasteiger partial charge in [-0.3, -0.25) is 9.69 Å². The monoisotopic (exact) mass is 319 g/mol. The summed E-state index contributed by atoms with van der Waals surface area (Å²) in [5.74, 6) is 2.03. The van der Waals surface area contributed by atoms with Crippen LogP contribution in [0.5, 0.6) is 0 Å². The third kappa shape index (κ3) is 4.31. The highest BCUT2D eigenvalue weighted by atomic mass is 16.1. The van der Waals surface area contributed by atoms with E-state index < -0.39 is 0 Å². The van der Waals surface area contributed by atoms with Gasteiger partial charge in [0, 0.05) is 25.0 Å². The normalized spacial score (nSPS) is 22.8. The Morgan fingerprint density at radius 2 is 2.00 bits per heavy atom. The molecule has 1 amide bonds. The lowest BCUT2D eigenvalue weighted by Gasteiger charge is -2.24. The van der Waals surface area contributed by atoms with Crippen molar-refractivity contribution in [3.8, 4) is 0 Å². The molecular formula is C17H29N5O. The summed E-state index contributed by atoms with van der Waals surface area (Å²) < 4.78 is 2.01. The molecule has 3 rings (SSSR count). The number of hydrogen-bond acceptors (Lipinski definition) is 4. The van der Waals surface area contributed by atoms with Crippen LogP contribution in [0.1, 0.15) is 56.6 Å². The highest BCUT2D eigenvalue weighted by Crippen LogP contribution is 2.20. The van der Waals surface area contributed by atoms with Crippen LogP contribution in [0.25, 0.3) is 0 Å². The predicted octanol–water partition coefficient (Wildman–Crippen LogP) is 1.81. The van der Waals surface area contributed by atoms with E-state index in [9.17, 15) is 4.79 Å². The molecule has 1 aromatic rings. The molecule has 0 aromatic carbocycles. The van der Waals surface area contributed by atoms with Crippen LogP contribution in [0.3, 0.4) is 0 Å². The van der Waals surface area contributed by atoms with E-state index in [0.717, 1.165) is 44.1 Å². The Hall–Kier alpha value is -1.43. The van der Waals surface area contributed by atoms with E-state index >= 15 is 0 Å². The first-order valence-electron chi connectivity index (χ1n) is 9.03. The van der Waals surface area contributed by atoms with Gasteiger partial charge in [0.15, 0.2) is 0 Å². The average Bonchev–Trinajstić information content (AvgIpc) is 3.21. The number of amides is 1. The molecule has 1 aliphatic carbocycles. The van der Waals surface area contributed by atoms with Gasteiger partial charge in [0.25, 0.3) is 0 Å². The van der Waals surface area contributed by atoms with Gasteiger partial charge >= 0.3 is 0 Å². The zero-order valence-corrected chi connectivity index (χ0v) is 14.4. The van der Waals surface area contributed by atoms with Crippen LogP contribution in [0.4, 0.5) is 0 Å². The van der Waals surface area contributed by atoms with Crippen LogP contribution in [0.15, 0.2) is 0 Å². The Labute approximate surface area is 138 Å². The second kappa shape index (κ2) is 7.43. The summed E-state index contributed by atoms with van der Waals surface area (Å²) in [5.41, 5.74) is 0. The lowest BCUT2D eigenvalue weighted by Crippen LogP contribution is -2.38. The standard InChI is InChI=1S/C17H29N5O/c1-13-18-14(2)22(20-13)12-16-8-5-10-21(16)11-9-17(23)19-15-6-3-4-7-15/h15-16H,3-12H2,1-2H3,(H,19,23).